The van der Waals surface area contributed by atoms with Gasteiger partial charge in [0.2, 0.25) is 0 Å². The van der Waals surface area contributed by atoms with Crippen LogP contribution in [0.5, 0.6) is 0 Å². The van der Waals surface area contributed by atoms with Crippen LogP contribution in [0.4, 0.5) is 0 Å². The summed E-state index contributed by atoms with van der Waals surface area (Å²) in [6.07, 6.45) is 2.20. The van der Waals surface area contributed by atoms with E-state index in [1.807, 2.05) is 36.9 Å². The minimum atomic E-state index is -0.160. The Morgan fingerprint density at radius 1 is 1.69 bits per heavy atom. The highest BCUT2D eigenvalue weighted by Gasteiger charge is 2.11. The SMILES string of the molecule is CCC(=O)OC(C)c1cccn1C. The molecular weight excluding hydrogens is 166 g/mol. The van der Waals surface area contributed by atoms with Gasteiger partial charge in [-0.1, -0.05) is 6.92 Å². The van der Waals surface area contributed by atoms with E-state index in [4.69, 9.17) is 4.74 Å². The predicted molar refractivity (Wildman–Crippen MR) is 50.2 cm³/mol. The number of hydrogen-bond acceptors (Lipinski definition) is 2. The van der Waals surface area contributed by atoms with Crippen LogP contribution in [0.3, 0.4) is 0 Å². The Bertz CT molecular complexity index is 291. The maximum absolute atomic E-state index is 11.0. The number of rotatable bonds is 3. The first-order chi connectivity index (χ1) is 6.15. The molecule has 0 radical (unpaired) electrons. The van der Waals surface area contributed by atoms with Crippen molar-refractivity contribution in [3.05, 3.63) is 24.0 Å². The van der Waals surface area contributed by atoms with Crippen LogP contribution in [0.1, 0.15) is 32.1 Å². The molecule has 0 fully saturated rings. The van der Waals surface area contributed by atoms with Crippen LogP contribution in [-0.4, -0.2) is 10.5 Å². The molecule has 0 N–H and O–H groups in total. The van der Waals surface area contributed by atoms with Gasteiger partial charge in [-0.2, -0.15) is 0 Å². The first kappa shape index (κ1) is 9.84. The van der Waals surface area contributed by atoms with Crippen LogP contribution in [0.15, 0.2) is 18.3 Å². The molecule has 3 nitrogen and oxygen atoms in total. The number of aryl methyl sites for hydroxylation is 1. The molecule has 0 spiro atoms. The van der Waals surface area contributed by atoms with E-state index >= 15 is 0 Å². The smallest absolute Gasteiger partial charge is 0.306 e. The summed E-state index contributed by atoms with van der Waals surface area (Å²) >= 11 is 0. The number of nitrogens with zero attached hydrogens (tertiary/aromatic N) is 1. The lowest BCUT2D eigenvalue weighted by molar-refractivity contribution is -0.148. The van der Waals surface area contributed by atoms with Crippen molar-refractivity contribution in [3.63, 3.8) is 0 Å². The van der Waals surface area contributed by atoms with Crippen molar-refractivity contribution in [1.29, 1.82) is 0 Å². The van der Waals surface area contributed by atoms with Gasteiger partial charge in [-0.3, -0.25) is 4.79 Å². The minimum Gasteiger partial charge on any atom is -0.456 e. The van der Waals surface area contributed by atoms with Crippen molar-refractivity contribution in [2.45, 2.75) is 26.4 Å². The van der Waals surface area contributed by atoms with Gasteiger partial charge in [0.15, 0.2) is 0 Å². The average Bonchev–Trinajstić information content (AvgIpc) is 2.51. The van der Waals surface area contributed by atoms with E-state index in [9.17, 15) is 4.79 Å². The number of carbonyl (C=O) groups is 1. The molecule has 0 saturated carbocycles. The predicted octanol–water partition coefficient (Wildman–Crippen LogP) is 2.04. The molecule has 1 heterocycles. The van der Waals surface area contributed by atoms with Gasteiger partial charge >= 0.3 is 5.97 Å². The zero-order chi connectivity index (χ0) is 9.84. The Morgan fingerprint density at radius 2 is 2.38 bits per heavy atom. The van der Waals surface area contributed by atoms with Gasteiger partial charge in [-0.25, -0.2) is 0 Å². The zero-order valence-electron chi connectivity index (χ0n) is 8.28. The van der Waals surface area contributed by atoms with Gasteiger partial charge in [0.05, 0.1) is 5.69 Å². The monoisotopic (exact) mass is 181 g/mol. The maximum Gasteiger partial charge on any atom is 0.306 e. The summed E-state index contributed by atoms with van der Waals surface area (Å²) < 4.78 is 7.12. The van der Waals surface area contributed by atoms with Crippen molar-refractivity contribution >= 4 is 5.97 Å². The molecule has 1 aromatic heterocycles. The van der Waals surface area contributed by atoms with Gasteiger partial charge in [0, 0.05) is 19.7 Å². The standard InChI is InChI=1S/C10H15NO2/c1-4-10(12)13-8(2)9-6-5-7-11(9)3/h5-8H,4H2,1-3H3. The van der Waals surface area contributed by atoms with Crippen molar-refractivity contribution in [2.24, 2.45) is 7.05 Å². The number of carbonyl (C=O) groups excluding carboxylic acids is 1. The van der Waals surface area contributed by atoms with Crippen LogP contribution in [0, 0.1) is 0 Å². The largest absolute Gasteiger partial charge is 0.456 e. The Labute approximate surface area is 78.3 Å². The van der Waals surface area contributed by atoms with E-state index in [0.717, 1.165) is 5.69 Å². The molecule has 0 amide bonds. The topological polar surface area (TPSA) is 31.2 Å². The van der Waals surface area contributed by atoms with E-state index in [-0.39, 0.29) is 12.1 Å². The third-order valence-corrected chi connectivity index (χ3v) is 2.00. The Morgan fingerprint density at radius 3 is 2.85 bits per heavy atom. The Balaban J connectivity index is 2.63. The van der Waals surface area contributed by atoms with E-state index in [1.165, 1.54) is 0 Å². The second-order valence-corrected chi connectivity index (χ2v) is 3.03. The molecule has 0 aliphatic rings. The van der Waals surface area contributed by atoms with Crippen molar-refractivity contribution in [2.75, 3.05) is 0 Å². The zero-order valence-corrected chi connectivity index (χ0v) is 8.28. The highest BCUT2D eigenvalue weighted by Crippen LogP contribution is 2.16. The van der Waals surface area contributed by atoms with Gasteiger partial charge < -0.3 is 9.30 Å². The molecule has 1 atom stereocenters. The summed E-state index contributed by atoms with van der Waals surface area (Å²) in [4.78, 5) is 11.0. The molecule has 0 bridgehead atoms. The lowest BCUT2D eigenvalue weighted by atomic mass is 10.3. The maximum atomic E-state index is 11.0. The third-order valence-electron chi connectivity index (χ3n) is 2.00. The first-order valence-corrected chi connectivity index (χ1v) is 4.45. The lowest BCUT2D eigenvalue weighted by Crippen LogP contribution is -2.10. The molecular formula is C10H15NO2. The Kier molecular flexibility index (Phi) is 3.12. The van der Waals surface area contributed by atoms with Gasteiger partial charge in [-0.15, -0.1) is 0 Å². The summed E-state index contributed by atoms with van der Waals surface area (Å²) in [6.45, 7) is 3.67. The van der Waals surface area contributed by atoms with Crippen molar-refractivity contribution < 1.29 is 9.53 Å². The molecule has 1 aromatic rings. The second kappa shape index (κ2) is 4.12. The van der Waals surface area contributed by atoms with Crippen LogP contribution in [0.2, 0.25) is 0 Å². The quantitative estimate of drug-likeness (QED) is 0.668. The molecule has 1 rings (SSSR count). The Hall–Kier alpha value is -1.25. The van der Waals surface area contributed by atoms with E-state index in [0.29, 0.717) is 6.42 Å². The second-order valence-electron chi connectivity index (χ2n) is 3.03. The molecule has 0 aliphatic heterocycles. The molecule has 3 heteroatoms. The van der Waals surface area contributed by atoms with Crippen LogP contribution in [-0.2, 0) is 16.6 Å². The molecule has 13 heavy (non-hydrogen) atoms. The van der Waals surface area contributed by atoms with E-state index in [1.54, 1.807) is 6.92 Å². The minimum absolute atomic E-state index is 0.159. The summed E-state index contributed by atoms with van der Waals surface area (Å²) in [6, 6.07) is 3.89. The molecule has 72 valence electrons. The fraction of sp³-hybridized carbons (Fsp3) is 0.500. The summed E-state index contributed by atoms with van der Waals surface area (Å²) in [5.41, 5.74) is 1.02. The molecule has 1 unspecified atom stereocenters. The van der Waals surface area contributed by atoms with Gasteiger partial charge in [-0.05, 0) is 19.1 Å². The van der Waals surface area contributed by atoms with Crippen molar-refractivity contribution in [1.82, 2.24) is 4.57 Å². The highest BCUT2D eigenvalue weighted by molar-refractivity contribution is 5.69. The van der Waals surface area contributed by atoms with Crippen LogP contribution < -0.4 is 0 Å². The number of aromatic nitrogens is 1. The number of esters is 1. The van der Waals surface area contributed by atoms with Gasteiger partial charge in [0.25, 0.3) is 0 Å². The first-order valence-electron chi connectivity index (χ1n) is 4.45. The number of ether oxygens (including phenoxy) is 1. The molecule has 0 aromatic carbocycles. The van der Waals surface area contributed by atoms with Crippen LogP contribution in [0.25, 0.3) is 0 Å². The van der Waals surface area contributed by atoms with Crippen LogP contribution >= 0.6 is 0 Å². The van der Waals surface area contributed by atoms with E-state index < -0.39 is 0 Å². The fourth-order valence-electron chi connectivity index (χ4n) is 1.24. The molecule has 0 saturated heterocycles. The van der Waals surface area contributed by atoms with Crippen molar-refractivity contribution in [3.8, 4) is 0 Å². The van der Waals surface area contributed by atoms with Gasteiger partial charge in [0.1, 0.15) is 6.10 Å². The lowest BCUT2D eigenvalue weighted by Gasteiger charge is -2.13. The normalized spacial score (nSPS) is 12.5. The fourth-order valence-corrected chi connectivity index (χ4v) is 1.24. The number of hydrogen-bond donors (Lipinski definition) is 0. The third kappa shape index (κ3) is 2.34. The average molecular weight is 181 g/mol. The summed E-state index contributed by atoms with van der Waals surface area (Å²) in [7, 11) is 1.94. The van der Waals surface area contributed by atoms with E-state index in [2.05, 4.69) is 0 Å². The summed E-state index contributed by atoms with van der Waals surface area (Å²) in [5, 5.41) is 0. The molecule has 0 aliphatic carbocycles. The highest BCUT2D eigenvalue weighted by atomic mass is 16.5. The summed E-state index contributed by atoms with van der Waals surface area (Å²) in [5.74, 6) is -0.159.